The molecule has 0 spiro atoms. The summed E-state index contributed by atoms with van der Waals surface area (Å²) in [7, 11) is 0. The summed E-state index contributed by atoms with van der Waals surface area (Å²) in [4.78, 5) is 14.1. The number of benzene rings is 1. The summed E-state index contributed by atoms with van der Waals surface area (Å²) in [6.07, 6.45) is 2.20. The average Bonchev–Trinajstić information content (AvgIpc) is 2.76. The van der Waals surface area contributed by atoms with Crippen LogP contribution in [0.25, 0.3) is 0 Å². The second kappa shape index (κ2) is 5.33. The molecule has 1 fully saturated rings. The lowest BCUT2D eigenvalue weighted by molar-refractivity contribution is 0.0786. The number of halogens is 2. The first-order chi connectivity index (χ1) is 8.11. The van der Waals surface area contributed by atoms with Crippen molar-refractivity contribution < 1.29 is 9.18 Å². The van der Waals surface area contributed by atoms with Crippen LogP contribution in [-0.2, 0) is 0 Å². The fraction of sp³-hybridized carbons (Fsp3) is 0.462. The zero-order chi connectivity index (χ0) is 12.4. The summed E-state index contributed by atoms with van der Waals surface area (Å²) >= 11 is 2.01. The van der Waals surface area contributed by atoms with Crippen LogP contribution in [-0.4, -0.2) is 23.9 Å². The predicted molar refractivity (Wildman–Crippen MR) is 73.4 cm³/mol. The van der Waals surface area contributed by atoms with Gasteiger partial charge in [-0.05, 0) is 53.1 Å². The highest BCUT2D eigenvalue weighted by atomic mass is 127. The first-order valence-corrected chi connectivity index (χ1v) is 6.94. The van der Waals surface area contributed by atoms with E-state index in [0.717, 1.165) is 25.9 Å². The maximum absolute atomic E-state index is 13.0. The molecule has 0 bridgehead atoms. The molecule has 1 heterocycles. The van der Waals surface area contributed by atoms with Gasteiger partial charge < -0.3 is 4.90 Å². The molecule has 0 aliphatic carbocycles. The van der Waals surface area contributed by atoms with Gasteiger partial charge in [0.1, 0.15) is 5.82 Å². The van der Waals surface area contributed by atoms with Gasteiger partial charge in [-0.1, -0.05) is 13.3 Å². The maximum Gasteiger partial charge on any atom is 0.254 e. The molecule has 1 aromatic carbocycles. The van der Waals surface area contributed by atoms with Crippen molar-refractivity contribution in [3.8, 4) is 0 Å². The third-order valence-corrected chi connectivity index (χ3v) is 4.20. The molecule has 0 saturated carbocycles. The Balaban J connectivity index is 2.15. The van der Waals surface area contributed by atoms with Crippen LogP contribution in [0.1, 0.15) is 30.1 Å². The van der Waals surface area contributed by atoms with Crippen LogP contribution >= 0.6 is 22.6 Å². The lowest BCUT2D eigenvalue weighted by Crippen LogP contribution is -2.29. The van der Waals surface area contributed by atoms with Crippen LogP contribution in [0.5, 0.6) is 0 Å². The van der Waals surface area contributed by atoms with Crippen molar-refractivity contribution in [3.63, 3.8) is 0 Å². The van der Waals surface area contributed by atoms with E-state index in [1.54, 1.807) is 6.07 Å². The molecule has 1 atom stereocenters. The third-order valence-electron chi connectivity index (χ3n) is 3.31. The van der Waals surface area contributed by atoms with E-state index < -0.39 is 0 Å². The minimum absolute atomic E-state index is 0.0327. The molecule has 1 aliphatic rings. The van der Waals surface area contributed by atoms with Crippen LogP contribution in [0.15, 0.2) is 18.2 Å². The molecule has 1 unspecified atom stereocenters. The maximum atomic E-state index is 13.0. The molecule has 2 nitrogen and oxygen atoms in total. The zero-order valence-corrected chi connectivity index (χ0v) is 11.9. The molecule has 1 aromatic rings. The Morgan fingerprint density at radius 3 is 2.94 bits per heavy atom. The second-order valence-corrected chi connectivity index (χ2v) is 5.60. The van der Waals surface area contributed by atoms with E-state index in [0.29, 0.717) is 15.1 Å². The van der Waals surface area contributed by atoms with Gasteiger partial charge in [0.05, 0.1) is 5.56 Å². The van der Waals surface area contributed by atoms with Crippen LogP contribution < -0.4 is 0 Å². The van der Waals surface area contributed by atoms with E-state index in [1.807, 2.05) is 27.5 Å². The highest BCUT2D eigenvalue weighted by molar-refractivity contribution is 14.1. The molecular formula is C13H15FINO. The number of rotatable bonds is 2. The fourth-order valence-corrected chi connectivity index (χ4v) is 2.89. The second-order valence-electron chi connectivity index (χ2n) is 4.44. The molecular weight excluding hydrogens is 332 g/mol. The Hall–Kier alpha value is -0.650. The van der Waals surface area contributed by atoms with Gasteiger partial charge in [0.2, 0.25) is 0 Å². The summed E-state index contributed by atoms with van der Waals surface area (Å²) < 4.78 is 13.7. The van der Waals surface area contributed by atoms with E-state index in [4.69, 9.17) is 0 Å². The number of hydrogen-bond donors (Lipinski definition) is 0. The Kier molecular flexibility index (Phi) is 4.01. The van der Waals surface area contributed by atoms with Gasteiger partial charge in [-0.3, -0.25) is 4.79 Å². The summed E-state index contributed by atoms with van der Waals surface area (Å²) in [6.45, 7) is 3.81. The van der Waals surface area contributed by atoms with Crippen LogP contribution in [0.2, 0.25) is 0 Å². The number of carbonyl (C=O) groups is 1. The standard InChI is InChI=1S/C13H15FINO/c1-2-9-5-6-16(8-9)13(17)11-4-3-10(14)7-12(11)15/h3-4,7,9H,2,5-6,8H2,1H3. The third kappa shape index (κ3) is 2.78. The van der Waals surface area contributed by atoms with Crippen LogP contribution in [0, 0.1) is 15.3 Å². The molecule has 1 saturated heterocycles. The Labute approximate surface area is 114 Å². The van der Waals surface area contributed by atoms with Gasteiger partial charge in [-0.25, -0.2) is 4.39 Å². The molecule has 2 rings (SSSR count). The molecule has 0 radical (unpaired) electrons. The Bertz CT molecular complexity index is 435. The summed E-state index contributed by atoms with van der Waals surface area (Å²) in [5.74, 6) is 0.362. The van der Waals surface area contributed by atoms with E-state index >= 15 is 0 Å². The number of carbonyl (C=O) groups excluding carboxylic acids is 1. The van der Waals surface area contributed by atoms with Crippen molar-refractivity contribution in [2.45, 2.75) is 19.8 Å². The van der Waals surface area contributed by atoms with E-state index in [-0.39, 0.29) is 11.7 Å². The zero-order valence-electron chi connectivity index (χ0n) is 9.75. The van der Waals surface area contributed by atoms with E-state index in [9.17, 15) is 9.18 Å². The first kappa shape index (κ1) is 12.8. The topological polar surface area (TPSA) is 20.3 Å². The lowest BCUT2D eigenvalue weighted by atomic mass is 10.1. The van der Waals surface area contributed by atoms with Gasteiger partial charge >= 0.3 is 0 Å². The van der Waals surface area contributed by atoms with Crippen LogP contribution in [0.4, 0.5) is 4.39 Å². The Morgan fingerprint density at radius 1 is 1.59 bits per heavy atom. The van der Waals surface area contributed by atoms with Gasteiger partial charge in [-0.15, -0.1) is 0 Å². The number of hydrogen-bond acceptors (Lipinski definition) is 1. The van der Waals surface area contributed by atoms with E-state index in [2.05, 4.69) is 6.92 Å². The smallest absolute Gasteiger partial charge is 0.254 e. The predicted octanol–water partition coefficient (Wildman–Crippen LogP) is 3.30. The molecule has 1 aliphatic heterocycles. The summed E-state index contributed by atoms with van der Waals surface area (Å²) in [5, 5.41) is 0. The first-order valence-electron chi connectivity index (χ1n) is 5.86. The van der Waals surface area contributed by atoms with Crippen molar-refractivity contribution >= 4 is 28.5 Å². The lowest BCUT2D eigenvalue weighted by Gasteiger charge is -2.17. The number of amides is 1. The highest BCUT2D eigenvalue weighted by Crippen LogP contribution is 2.23. The molecule has 0 N–H and O–H groups in total. The highest BCUT2D eigenvalue weighted by Gasteiger charge is 2.26. The molecule has 4 heteroatoms. The van der Waals surface area contributed by atoms with Crippen molar-refractivity contribution in [1.82, 2.24) is 4.90 Å². The monoisotopic (exact) mass is 347 g/mol. The van der Waals surface area contributed by atoms with Gasteiger partial charge in [0.15, 0.2) is 0 Å². The Morgan fingerprint density at radius 2 is 2.35 bits per heavy atom. The van der Waals surface area contributed by atoms with E-state index in [1.165, 1.54) is 12.1 Å². The van der Waals surface area contributed by atoms with Crippen molar-refractivity contribution in [3.05, 3.63) is 33.1 Å². The minimum Gasteiger partial charge on any atom is -0.338 e. The number of nitrogens with zero attached hydrogens (tertiary/aromatic N) is 1. The molecule has 1 amide bonds. The molecule has 17 heavy (non-hydrogen) atoms. The van der Waals surface area contributed by atoms with Gasteiger partial charge in [0.25, 0.3) is 5.91 Å². The molecule has 92 valence electrons. The largest absolute Gasteiger partial charge is 0.338 e. The quantitative estimate of drug-likeness (QED) is 0.752. The minimum atomic E-state index is -0.293. The average molecular weight is 347 g/mol. The summed E-state index contributed by atoms with van der Waals surface area (Å²) in [6, 6.07) is 4.34. The SMILES string of the molecule is CCC1CCN(C(=O)c2ccc(F)cc2I)C1. The number of likely N-dealkylation sites (tertiary alicyclic amines) is 1. The normalized spacial score (nSPS) is 19.7. The molecule has 0 aromatic heterocycles. The van der Waals surface area contributed by atoms with Gasteiger partial charge in [0, 0.05) is 16.7 Å². The van der Waals surface area contributed by atoms with Gasteiger partial charge in [-0.2, -0.15) is 0 Å². The van der Waals surface area contributed by atoms with Crippen molar-refractivity contribution in [2.24, 2.45) is 5.92 Å². The van der Waals surface area contributed by atoms with Crippen molar-refractivity contribution in [2.75, 3.05) is 13.1 Å². The summed E-state index contributed by atoms with van der Waals surface area (Å²) in [5.41, 5.74) is 0.615. The van der Waals surface area contributed by atoms with Crippen molar-refractivity contribution in [1.29, 1.82) is 0 Å². The fourth-order valence-electron chi connectivity index (χ4n) is 2.18. The van der Waals surface area contributed by atoms with Crippen LogP contribution in [0.3, 0.4) is 0 Å².